The van der Waals surface area contributed by atoms with E-state index in [2.05, 4.69) is 28.6 Å². The molecule has 30 heteroatoms. The number of likely N-dealkylation sites (N-methyl/N-ethyl adjacent to an activating group) is 1. The van der Waals surface area contributed by atoms with Gasteiger partial charge in [-0.2, -0.15) is 5.48 Å². The van der Waals surface area contributed by atoms with Crippen molar-refractivity contribution in [3.8, 4) is 41.4 Å². The van der Waals surface area contributed by atoms with Crippen molar-refractivity contribution in [2.24, 2.45) is 0 Å². The topological polar surface area (TPSA) is 317 Å². The number of terminal acetylenes is 1. The van der Waals surface area contributed by atoms with Crippen LogP contribution in [0.5, 0.6) is 17.2 Å². The number of hydrogen-bond acceptors (Lipinski definition) is 27. The third-order valence-electron chi connectivity index (χ3n) is 15.4. The van der Waals surface area contributed by atoms with Gasteiger partial charge >= 0.3 is 6.09 Å². The number of alkyl carbamates (subject to hydrolysis) is 1. The number of nitrogens with zero attached hydrogens (tertiary/aromatic N) is 1. The average molecular weight is 1430 g/mol. The van der Waals surface area contributed by atoms with Crippen LogP contribution in [0.1, 0.15) is 76.7 Å². The average Bonchev–Trinajstić information content (AvgIpc) is 0.832. The van der Waals surface area contributed by atoms with Crippen LogP contribution in [0.2, 0.25) is 0 Å². The maximum atomic E-state index is 14.5. The van der Waals surface area contributed by atoms with E-state index in [0.717, 1.165) is 18.9 Å². The van der Waals surface area contributed by atoms with Crippen LogP contribution in [0, 0.1) is 34.7 Å². The summed E-state index contributed by atoms with van der Waals surface area (Å²) < 4.78 is 72.7. The third-order valence-corrected chi connectivity index (χ3v) is 21.8. The highest BCUT2D eigenvalue weighted by atomic mass is 127. The molecule has 6 rings (SSSR count). The number of amides is 2. The van der Waals surface area contributed by atoms with Gasteiger partial charge in [0.2, 0.25) is 23.1 Å². The molecule has 0 saturated carbocycles. The van der Waals surface area contributed by atoms with Crippen molar-refractivity contribution in [1.82, 2.24) is 15.7 Å². The maximum absolute atomic E-state index is 14.5. The maximum Gasteiger partial charge on any atom is 0.411 e. The molecule has 490 valence electrons. The van der Waals surface area contributed by atoms with Crippen molar-refractivity contribution in [3.05, 3.63) is 49.8 Å². The quantitative estimate of drug-likeness (QED) is 0.0267. The number of nitrogens with one attached hydrogen (secondary N) is 2. The van der Waals surface area contributed by atoms with Crippen molar-refractivity contribution in [2.45, 2.75) is 183 Å². The summed E-state index contributed by atoms with van der Waals surface area (Å²) in [5.74, 6) is 7.75. The molecule has 4 fully saturated rings. The van der Waals surface area contributed by atoms with Gasteiger partial charge in [-0.3, -0.25) is 24.5 Å². The van der Waals surface area contributed by atoms with Gasteiger partial charge in [-0.05, 0) is 104 Å². The lowest BCUT2D eigenvalue weighted by molar-refractivity contribution is -0.337. The molecule has 4 heterocycles. The number of halogens is 1. The molecule has 7 N–H and O–H groups in total. The van der Waals surface area contributed by atoms with Crippen LogP contribution in [-0.4, -0.2) is 229 Å². The van der Waals surface area contributed by atoms with Crippen LogP contribution in [0.3, 0.4) is 0 Å². The number of aliphatic hydroxyl groups excluding tert-OH is 4. The highest BCUT2D eigenvalue weighted by molar-refractivity contribution is 14.1. The van der Waals surface area contributed by atoms with E-state index in [4.69, 9.17) is 68.1 Å². The largest absolute Gasteiger partial charge is 0.492 e. The lowest BCUT2D eigenvalue weighted by atomic mass is 9.76. The number of Topliss-reactive ketones (excluding diaryl/α,β-unsaturated/α-hetero) is 1. The molecule has 0 aromatic heterocycles. The number of benzene rings is 1. The summed E-state index contributed by atoms with van der Waals surface area (Å²) in [6.45, 7) is 11.6. The smallest absolute Gasteiger partial charge is 0.411 e. The van der Waals surface area contributed by atoms with Crippen molar-refractivity contribution in [1.29, 1.82) is 0 Å². The first-order valence-corrected chi connectivity index (χ1v) is 34.1. The first-order valence-electron chi connectivity index (χ1n) is 28.0. The molecule has 0 spiro atoms. The Kier molecular flexibility index (Phi) is 28.4. The Balaban J connectivity index is 1.28. The van der Waals surface area contributed by atoms with Crippen LogP contribution < -0.4 is 25.0 Å². The van der Waals surface area contributed by atoms with Crippen molar-refractivity contribution in [2.75, 3.05) is 60.7 Å². The van der Waals surface area contributed by atoms with E-state index in [1.165, 1.54) is 85.9 Å². The van der Waals surface area contributed by atoms with E-state index >= 15 is 0 Å². The predicted molar refractivity (Wildman–Crippen MR) is 336 cm³/mol. The molecular weight excluding hydrogens is 1350 g/mol. The van der Waals surface area contributed by atoms with E-state index < -0.39 is 139 Å². The molecular formula is C58H80IN3O22S4. The summed E-state index contributed by atoms with van der Waals surface area (Å²) in [5, 5.41) is 59.2. The lowest BCUT2D eigenvalue weighted by Crippen LogP contribution is -2.65. The van der Waals surface area contributed by atoms with Gasteiger partial charge in [0.15, 0.2) is 36.2 Å². The molecule has 2 amide bonds. The molecule has 19 atom stereocenters. The van der Waals surface area contributed by atoms with Gasteiger partial charge in [0.25, 0.3) is 0 Å². The van der Waals surface area contributed by atoms with Gasteiger partial charge in [0.1, 0.15) is 36.6 Å². The number of allylic oxidation sites excluding steroid dienone is 3. The minimum Gasteiger partial charge on any atom is -0.492 e. The zero-order chi connectivity index (χ0) is 64.9. The Morgan fingerprint density at radius 1 is 0.920 bits per heavy atom. The Hall–Kier alpha value is -3.43. The SMILES string of the molecule is C#C/C=C\C#CC(O[C@@H]1O[C@H](C)[C@@H](NO[C@H]2C[C@H](O)[C@H](SC(=O)c3c(C)c(I)c(O[C@@H]4O[C@@H](C)[C@H](O)[C@@H](OC)[C@H]4O)c(OC)c3OC)[C@@H](C)O2)[C@H](O)[C@H]1O[C@H]1C[C@H](OC)[C@@H](N(CC)C(C)=O)CO1)C1=C(NC(=O)OC)C(=O)C[C@](C)(O)/C1=C/CSSSC. The van der Waals surface area contributed by atoms with Crippen LogP contribution in [-0.2, 0) is 57.1 Å². The Bertz CT molecular complexity index is 2800. The second kappa shape index (κ2) is 33.9. The summed E-state index contributed by atoms with van der Waals surface area (Å²) in [4.78, 5) is 61.9. The zero-order valence-corrected chi connectivity index (χ0v) is 56.5. The fourth-order valence-corrected chi connectivity index (χ4v) is 15.1. The van der Waals surface area contributed by atoms with Crippen LogP contribution in [0.4, 0.5) is 4.79 Å². The number of hydroxylamine groups is 1. The van der Waals surface area contributed by atoms with E-state index in [1.807, 2.05) is 35.8 Å². The molecule has 4 saturated heterocycles. The van der Waals surface area contributed by atoms with Gasteiger partial charge in [0.05, 0.1) is 96.2 Å². The first-order chi connectivity index (χ1) is 41.9. The van der Waals surface area contributed by atoms with Gasteiger partial charge < -0.3 is 87.3 Å². The molecule has 1 aromatic rings. The fraction of sp³-hybridized carbons (Fsp3) is 0.655. The summed E-state index contributed by atoms with van der Waals surface area (Å²) >= 11 is 2.80. The van der Waals surface area contributed by atoms with Crippen LogP contribution in [0.25, 0.3) is 0 Å². The van der Waals surface area contributed by atoms with E-state index in [9.17, 15) is 44.7 Å². The molecule has 0 bridgehead atoms. The number of carbonyl (C=O) groups excluding carboxylic acids is 4. The molecule has 25 nitrogen and oxygen atoms in total. The Morgan fingerprint density at radius 3 is 2.24 bits per heavy atom. The summed E-state index contributed by atoms with van der Waals surface area (Å²) in [6.07, 6.45) is -7.57. The minimum atomic E-state index is -1.81. The Labute approximate surface area is 542 Å². The molecule has 4 aliphatic heterocycles. The highest BCUT2D eigenvalue weighted by Crippen LogP contribution is 2.49. The number of methoxy groups -OCH3 is 5. The van der Waals surface area contributed by atoms with E-state index in [-0.39, 0.29) is 65.0 Å². The van der Waals surface area contributed by atoms with Crippen LogP contribution in [0.15, 0.2) is 35.1 Å². The standard InChI is InChI=1S/C58H80IN3O22S4/c1-15-17-18-19-20-36(41-32(21-22-86-88-85-14)58(8,71)25-35(65)44(41)60-57(70)76-13)81-56-51(82-38-24-37(72-9)33(26-77-38)62(16-2)31(7)63)46(67)43(28(4)79-56)61-84-39-23-34(64)53(30(6)78-39)87-54(69)40-27(3)42(59)49(52(75-12)48(40)73-10)83-55-47(68)50(74-11)45(66)29(5)80-55/h1,17-18,21,28-30,33-34,36-39,43,45-47,50-51,53,55-56,61,64,66-68,71H,16,22-26H2,2-14H3,(H,60,70)/b18-17-,32-21+/t28-,29+,30-,33+,34+,36?,37+,38+,39+,43-,45+,46+,47-,50-,51-,53-,55+,56+,58+/m1/s1. The second-order valence-corrected chi connectivity index (χ2v) is 27.7. The highest BCUT2D eigenvalue weighted by Gasteiger charge is 2.52. The molecule has 0 radical (unpaired) electrons. The first kappa shape index (κ1) is 73.6. The zero-order valence-electron chi connectivity index (χ0n) is 51.1. The monoisotopic (exact) mass is 1430 g/mol. The molecule has 1 aliphatic carbocycles. The van der Waals surface area contributed by atoms with Gasteiger partial charge in [-0.25, -0.2) is 4.79 Å². The number of carbonyl (C=O) groups is 4. The fourth-order valence-electron chi connectivity index (χ4n) is 10.9. The summed E-state index contributed by atoms with van der Waals surface area (Å²) in [7, 11) is 11.1. The molecule has 1 unspecified atom stereocenters. The van der Waals surface area contributed by atoms with Crippen molar-refractivity contribution >= 4 is 88.7 Å². The normalized spacial score (nSPS) is 33.5. The van der Waals surface area contributed by atoms with Crippen molar-refractivity contribution < 1.29 is 106 Å². The molecule has 88 heavy (non-hydrogen) atoms. The number of ketones is 1. The predicted octanol–water partition coefficient (Wildman–Crippen LogP) is 4.09. The van der Waals surface area contributed by atoms with Gasteiger partial charge in [-0.15, -0.1) is 6.42 Å². The number of ether oxygens (including phenoxy) is 12. The molecule has 5 aliphatic rings. The van der Waals surface area contributed by atoms with Crippen LogP contribution >= 0.6 is 65.8 Å². The minimum absolute atomic E-state index is 0.0116. The third kappa shape index (κ3) is 17.4. The Morgan fingerprint density at radius 2 is 1.62 bits per heavy atom. The second-order valence-electron chi connectivity index (χ2n) is 21.1. The number of aliphatic hydroxyl groups is 5. The molecule has 1 aromatic carbocycles. The van der Waals surface area contributed by atoms with Gasteiger partial charge in [-0.1, -0.05) is 57.2 Å². The summed E-state index contributed by atoms with van der Waals surface area (Å²) in [6, 6.07) is -1.65. The van der Waals surface area contributed by atoms with Crippen molar-refractivity contribution in [3.63, 3.8) is 0 Å². The summed E-state index contributed by atoms with van der Waals surface area (Å²) in [5.41, 5.74) is 1.49. The number of hydrogen-bond donors (Lipinski definition) is 7. The van der Waals surface area contributed by atoms with Gasteiger partial charge in [0, 0.05) is 58.3 Å². The number of rotatable bonds is 23. The van der Waals surface area contributed by atoms with E-state index in [1.54, 1.807) is 38.7 Å². The van der Waals surface area contributed by atoms with E-state index in [0.29, 0.717) is 21.4 Å². The number of thioether (sulfide) groups is 1. The lowest BCUT2D eigenvalue weighted by Gasteiger charge is -2.47.